The van der Waals surface area contributed by atoms with Crippen molar-refractivity contribution in [3.8, 4) is 11.4 Å². The van der Waals surface area contributed by atoms with Crippen LogP contribution in [0.5, 0.6) is 0 Å². The largest absolute Gasteiger partial charge is 0.334 e. The molecule has 3 nitrogen and oxygen atoms in total. The van der Waals surface area contributed by atoms with Gasteiger partial charge in [-0.25, -0.2) is 0 Å². The minimum Gasteiger partial charge on any atom is -0.334 e. The van der Waals surface area contributed by atoms with Crippen LogP contribution in [-0.4, -0.2) is 10.1 Å². The second-order valence-corrected chi connectivity index (χ2v) is 2.82. The van der Waals surface area contributed by atoms with E-state index in [1.165, 1.54) is 0 Å². The van der Waals surface area contributed by atoms with E-state index in [0.29, 0.717) is 11.7 Å². The van der Waals surface area contributed by atoms with Crippen molar-refractivity contribution in [3.05, 3.63) is 42.3 Å². The first-order valence-electron chi connectivity index (χ1n) is 4.42. The van der Waals surface area contributed by atoms with Crippen LogP contribution in [0.1, 0.15) is 12.8 Å². The molecule has 2 rings (SSSR count). The normalized spacial score (nSPS) is 10.9. The molecule has 0 aliphatic rings. The van der Waals surface area contributed by atoms with Gasteiger partial charge in [-0.15, -0.1) is 0 Å². The van der Waals surface area contributed by atoms with Crippen molar-refractivity contribution in [2.75, 3.05) is 0 Å². The summed E-state index contributed by atoms with van der Waals surface area (Å²) in [5, 5.41) is 3.87. The summed E-state index contributed by atoms with van der Waals surface area (Å²) in [6, 6.07) is 9.74. The van der Waals surface area contributed by atoms with Gasteiger partial charge < -0.3 is 4.52 Å². The van der Waals surface area contributed by atoms with Gasteiger partial charge in [0.15, 0.2) is 0 Å². The second kappa shape index (κ2) is 3.87. The molecular formula is C11H10N2O. The molecule has 0 bridgehead atoms. The fourth-order valence-corrected chi connectivity index (χ4v) is 1.15. The van der Waals surface area contributed by atoms with E-state index < -0.39 is 0 Å². The first kappa shape index (κ1) is 8.69. The average Bonchev–Trinajstić information content (AvgIpc) is 2.68. The third-order valence-electron chi connectivity index (χ3n) is 1.78. The Bertz CT molecular complexity index is 432. The van der Waals surface area contributed by atoms with Crippen LogP contribution in [-0.2, 0) is 0 Å². The van der Waals surface area contributed by atoms with Crippen LogP contribution in [0.3, 0.4) is 0 Å². The van der Waals surface area contributed by atoms with Crippen molar-refractivity contribution in [1.29, 1.82) is 0 Å². The topological polar surface area (TPSA) is 38.9 Å². The molecule has 0 saturated carbocycles. The monoisotopic (exact) mass is 186 g/mol. The number of nitrogens with zero attached hydrogens (tertiary/aromatic N) is 2. The molecule has 0 amide bonds. The van der Waals surface area contributed by atoms with Crippen molar-refractivity contribution < 1.29 is 4.52 Å². The molecule has 1 heterocycles. The van der Waals surface area contributed by atoms with Crippen LogP contribution in [0.25, 0.3) is 17.5 Å². The summed E-state index contributed by atoms with van der Waals surface area (Å²) in [5.41, 5.74) is 0.965. The molecule has 0 unspecified atom stereocenters. The zero-order valence-corrected chi connectivity index (χ0v) is 7.84. The van der Waals surface area contributed by atoms with Crippen molar-refractivity contribution in [2.45, 2.75) is 6.92 Å². The van der Waals surface area contributed by atoms with E-state index in [4.69, 9.17) is 4.52 Å². The Hall–Kier alpha value is -1.90. The number of aromatic nitrogens is 2. The van der Waals surface area contributed by atoms with Crippen LogP contribution in [0.2, 0.25) is 0 Å². The lowest BCUT2D eigenvalue weighted by molar-refractivity contribution is 0.411. The Labute approximate surface area is 82.1 Å². The van der Waals surface area contributed by atoms with E-state index >= 15 is 0 Å². The Morgan fingerprint density at radius 2 is 2.00 bits per heavy atom. The summed E-state index contributed by atoms with van der Waals surface area (Å²) >= 11 is 0. The highest BCUT2D eigenvalue weighted by Crippen LogP contribution is 2.14. The quantitative estimate of drug-likeness (QED) is 0.723. The van der Waals surface area contributed by atoms with Crippen molar-refractivity contribution in [1.82, 2.24) is 10.1 Å². The molecule has 0 fully saturated rings. The first-order valence-corrected chi connectivity index (χ1v) is 4.42. The van der Waals surface area contributed by atoms with E-state index in [0.717, 1.165) is 5.56 Å². The molecule has 0 saturated heterocycles. The molecule has 2 aromatic rings. The molecule has 1 aromatic carbocycles. The maximum absolute atomic E-state index is 5.01. The minimum absolute atomic E-state index is 0.534. The zero-order chi connectivity index (χ0) is 9.80. The number of hydrogen-bond acceptors (Lipinski definition) is 3. The molecule has 1 aromatic heterocycles. The maximum atomic E-state index is 5.01. The Morgan fingerprint density at radius 3 is 2.71 bits per heavy atom. The van der Waals surface area contributed by atoms with Gasteiger partial charge in [0.25, 0.3) is 5.89 Å². The highest BCUT2D eigenvalue weighted by atomic mass is 16.5. The summed E-state index contributed by atoms with van der Waals surface area (Å²) in [7, 11) is 0. The van der Waals surface area contributed by atoms with Gasteiger partial charge >= 0.3 is 0 Å². The van der Waals surface area contributed by atoms with Crippen molar-refractivity contribution in [2.24, 2.45) is 0 Å². The Kier molecular flexibility index (Phi) is 2.40. The molecule has 0 atom stereocenters. The van der Waals surface area contributed by atoms with Crippen LogP contribution in [0, 0.1) is 0 Å². The molecule has 0 aliphatic carbocycles. The van der Waals surface area contributed by atoms with Crippen LogP contribution in [0.15, 0.2) is 40.9 Å². The predicted molar refractivity (Wildman–Crippen MR) is 54.4 cm³/mol. The highest BCUT2D eigenvalue weighted by molar-refractivity contribution is 5.55. The highest BCUT2D eigenvalue weighted by Gasteiger charge is 2.04. The van der Waals surface area contributed by atoms with Crippen LogP contribution >= 0.6 is 0 Å². The standard InChI is InChI=1S/C11H10N2O/c1-2-6-10-12-11(13-14-10)9-7-4-3-5-8-9/h2-8H,1H3. The third kappa shape index (κ3) is 1.71. The van der Waals surface area contributed by atoms with Crippen molar-refractivity contribution >= 4 is 6.08 Å². The van der Waals surface area contributed by atoms with E-state index in [9.17, 15) is 0 Å². The van der Waals surface area contributed by atoms with Crippen molar-refractivity contribution in [3.63, 3.8) is 0 Å². The lowest BCUT2D eigenvalue weighted by Gasteiger charge is -1.89. The van der Waals surface area contributed by atoms with Gasteiger partial charge in [0.2, 0.25) is 5.82 Å². The van der Waals surface area contributed by atoms with Crippen LogP contribution in [0.4, 0.5) is 0 Å². The van der Waals surface area contributed by atoms with Gasteiger partial charge in [-0.2, -0.15) is 4.98 Å². The van der Waals surface area contributed by atoms with E-state index in [1.807, 2.05) is 43.3 Å². The Balaban J connectivity index is 2.34. The van der Waals surface area contributed by atoms with Crippen LogP contribution < -0.4 is 0 Å². The summed E-state index contributed by atoms with van der Waals surface area (Å²) in [5.74, 6) is 1.16. The summed E-state index contributed by atoms with van der Waals surface area (Å²) in [4.78, 5) is 4.21. The van der Waals surface area contributed by atoms with E-state index in [-0.39, 0.29) is 0 Å². The van der Waals surface area contributed by atoms with E-state index in [2.05, 4.69) is 10.1 Å². The molecule has 70 valence electrons. The van der Waals surface area contributed by atoms with Gasteiger partial charge in [0, 0.05) is 5.56 Å². The summed E-state index contributed by atoms with van der Waals surface area (Å²) < 4.78 is 5.01. The zero-order valence-electron chi connectivity index (χ0n) is 7.84. The number of hydrogen-bond donors (Lipinski definition) is 0. The van der Waals surface area contributed by atoms with Gasteiger partial charge in [-0.05, 0) is 13.0 Å². The molecule has 3 heteroatoms. The Morgan fingerprint density at radius 1 is 1.21 bits per heavy atom. The lowest BCUT2D eigenvalue weighted by Crippen LogP contribution is -1.78. The average molecular weight is 186 g/mol. The number of benzene rings is 1. The fraction of sp³-hybridized carbons (Fsp3) is 0.0909. The fourth-order valence-electron chi connectivity index (χ4n) is 1.15. The smallest absolute Gasteiger partial charge is 0.250 e. The molecule has 14 heavy (non-hydrogen) atoms. The number of rotatable bonds is 2. The third-order valence-corrected chi connectivity index (χ3v) is 1.78. The lowest BCUT2D eigenvalue weighted by atomic mass is 10.2. The first-order chi connectivity index (χ1) is 6.90. The van der Waals surface area contributed by atoms with Gasteiger partial charge in [0.1, 0.15) is 0 Å². The maximum Gasteiger partial charge on any atom is 0.250 e. The molecule has 0 radical (unpaired) electrons. The summed E-state index contributed by atoms with van der Waals surface area (Å²) in [6.45, 7) is 1.91. The molecule has 0 aliphatic heterocycles. The van der Waals surface area contributed by atoms with Gasteiger partial charge in [0.05, 0.1) is 0 Å². The molecule has 0 N–H and O–H groups in total. The van der Waals surface area contributed by atoms with E-state index in [1.54, 1.807) is 6.08 Å². The minimum atomic E-state index is 0.534. The predicted octanol–water partition coefficient (Wildman–Crippen LogP) is 2.77. The molecular weight excluding hydrogens is 176 g/mol. The van der Waals surface area contributed by atoms with Gasteiger partial charge in [-0.3, -0.25) is 0 Å². The SMILES string of the molecule is CC=Cc1nc(-c2ccccc2)no1. The summed E-state index contributed by atoms with van der Waals surface area (Å²) in [6.07, 6.45) is 3.64. The second-order valence-electron chi connectivity index (χ2n) is 2.82. The van der Waals surface area contributed by atoms with Gasteiger partial charge in [-0.1, -0.05) is 41.6 Å². The molecule has 0 spiro atoms. The number of allylic oxidation sites excluding steroid dienone is 1.